The summed E-state index contributed by atoms with van der Waals surface area (Å²) in [4.78, 5) is 0. The molecule has 3 rings (SSSR count). The van der Waals surface area contributed by atoms with Gasteiger partial charge in [0.25, 0.3) is 0 Å². The highest BCUT2D eigenvalue weighted by atomic mass is 79.9. The van der Waals surface area contributed by atoms with Crippen molar-refractivity contribution in [2.45, 2.75) is 20.1 Å². The van der Waals surface area contributed by atoms with Crippen molar-refractivity contribution in [3.05, 3.63) is 86.3 Å². The van der Waals surface area contributed by atoms with Crippen molar-refractivity contribution in [3.8, 4) is 11.5 Å². The highest BCUT2D eigenvalue weighted by Gasteiger charge is 2.12. The van der Waals surface area contributed by atoms with Gasteiger partial charge in [0.1, 0.15) is 6.61 Å². The van der Waals surface area contributed by atoms with Crippen LogP contribution in [0.15, 0.2) is 65.1 Å². The Hall–Kier alpha value is -1.88. The number of nitrogens with one attached hydrogen (secondary N) is 1. The number of hydrogen-bond donors (Lipinski definition) is 1. The molecule has 6 heteroatoms. The van der Waals surface area contributed by atoms with E-state index in [4.69, 9.17) is 32.7 Å². The summed E-state index contributed by atoms with van der Waals surface area (Å²) in [6, 6.07) is 19.3. The van der Waals surface area contributed by atoms with Crippen LogP contribution in [0.3, 0.4) is 0 Å². The van der Waals surface area contributed by atoms with Crippen LogP contribution in [0, 0.1) is 0 Å². The Morgan fingerprint density at radius 3 is 2.39 bits per heavy atom. The van der Waals surface area contributed by atoms with Crippen LogP contribution in [0.25, 0.3) is 0 Å². The average molecular weight is 481 g/mol. The van der Waals surface area contributed by atoms with E-state index in [9.17, 15) is 0 Å². The molecule has 3 aromatic carbocycles. The number of rotatable bonds is 8. The molecular weight excluding hydrogens is 461 g/mol. The lowest BCUT2D eigenvalue weighted by Gasteiger charge is -2.16. The maximum absolute atomic E-state index is 6.24. The van der Waals surface area contributed by atoms with Crippen LogP contribution in [0.4, 0.5) is 5.69 Å². The van der Waals surface area contributed by atoms with Crippen molar-refractivity contribution >= 4 is 44.8 Å². The summed E-state index contributed by atoms with van der Waals surface area (Å²) in [6.07, 6.45) is 0. The van der Waals surface area contributed by atoms with Gasteiger partial charge in [0.05, 0.1) is 17.3 Å². The summed E-state index contributed by atoms with van der Waals surface area (Å²) in [6.45, 7) is 3.56. The van der Waals surface area contributed by atoms with E-state index in [-0.39, 0.29) is 0 Å². The fourth-order valence-corrected chi connectivity index (χ4v) is 3.59. The highest BCUT2D eigenvalue weighted by molar-refractivity contribution is 9.10. The molecule has 146 valence electrons. The third kappa shape index (κ3) is 5.57. The summed E-state index contributed by atoms with van der Waals surface area (Å²) in [5, 5.41) is 4.51. The second-order valence-electron chi connectivity index (χ2n) is 6.08. The molecule has 0 spiro atoms. The van der Waals surface area contributed by atoms with Crippen LogP contribution in [0.5, 0.6) is 11.5 Å². The van der Waals surface area contributed by atoms with Crippen molar-refractivity contribution < 1.29 is 9.47 Å². The van der Waals surface area contributed by atoms with E-state index in [1.165, 1.54) is 0 Å². The van der Waals surface area contributed by atoms with E-state index in [1.807, 2.05) is 55.5 Å². The molecule has 0 aliphatic heterocycles. The monoisotopic (exact) mass is 479 g/mol. The largest absolute Gasteiger partial charge is 0.490 e. The van der Waals surface area contributed by atoms with E-state index < -0.39 is 0 Å². The van der Waals surface area contributed by atoms with Gasteiger partial charge in [0.15, 0.2) is 11.5 Å². The summed E-state index contributed by atoms with van der Waals surface area (Å²) < 4.78 is 12.7. The van der Waals surface area contributed by atoms with E-state index in [1.54, 1.807) is 12.1 Å². The number of benzene rings is 3. The van der Waals surface area contributed by atoms with Crippen LogP contribution >= 0.6 is 39.1 Å². The first-order valence-electron chi connectivity index (χ1n) is 8.87. The minimum atomic E-state index is 0.478. The summed E-state index contributed by atoms with van der Waals surface area (Å²) in [5.74, 6) is 1.41. The van der Waals surface area contributed by atoms with Crippen molar-refractivity contribution in [2.75, 3.05) is 11.9 Å². The fourth-order valence-electron chi connectivity index (χ4n) is 2.65. The number of hydrogen-bond acceptors (Lipinski definition) is 3. The second-order valence-corrected chi connectivity index (χ2v) is 7.77. The standard InChI is InChI=1S/C22H20BrCl2NO2/c1-2-27-21-10-16(13-26-20-9-8-17(24)11-19(20)25)18(23)12-22(21)28-14-15-6-4-3-5-7-15/h3-12,26H,2,13-14H2,1H3. The molecule has 0 bridgehead atoms. The fraction of sp³-hybridized carbons (Fsp3) is 0.182. The van der Waals surface area contributed by atoms with Crippen LogP contribution in [0.2, 0.25) is 10.0 Å². The van der Waals surface area contributed by atoms with Gasteiger partial charge in [-0.25, -0.2) is 0 Å². The lowest BCUT2D eigenvalue weighted by atomic mass is 10.2. The molecule has 0 aliphatic carbocycles. The molecule has 0 radical (unpaired) electrons. The molecule has 28 heavy (non-hydrogen) atoms. The molecule has 0 fully saturated rings. The first-order chi connectivity index (χ1) is 13.6. The Bertz CT molecular complexity index is 935. The van der Waals surface area contributed by atoms with Gasteiger partial charge in [-0.05, 0) is 48.4 Å². The normalized spacial score (nSPS) is 10.6. The Balaban J connectivity index is 1.75. The van der Waals surface area contributed by atoms with Gasteiger partial charge >= 0.3 is 0 Å². The summed E-state index contributed by atoms with van der Waals surface area (Å²) >= 11 is 15.8. The maximum Gasteiger partial charge on any atom is 0.162 e. The van der Waals surface area contributed by atoms with Gasteiger partial charge < -0.3 is 14.8 Å². The van der Waals surface area contributed by atoms with Gasteiger partial charge in [-0.3, -0.25) is 0 Å². The van der Waals surface area contributed by atoms with Crippen molar-refractivity contribution in [2.24, 2.45) is 0 Å². The SMILES string of the molecule is CCOc1cc(CNc2ccc(Cl)cc2Cl)c(Br)cc1OCc1ccccc1. The zero-order valence-corrected chi connectivity index (χ0v) is 18.4. The van der Waals surface area contributed by atoms with Crippen molar-refractivity contribution in [1.82, 2.24) is 0 Å². The molecule has 3 aromatic rings. The zero-order chi connectivity index (χ0) is 19.9. The lowest BCUT2D eigenvalue weighted by Crippen LogP contribution is -2.04. The number of anilines is 1. The van der Waals surface area contributed by atoms with Crippen LogP contribution in [0.1, 0.15) is 18.1 Å². The second kappa shape index (κ2) is 10.1. The topological polar surface area (TPSA) is 30.5 Å². The number of halogens is 3. The van der Waals surface area contributed by atoms with E-state index in [0.717, 1.165) is 21.3 Å². The van der Waals surface area contributed by atoms with E-state index >= 15 is 0 Å². The third-order valence-electron chi connectivity index (χ3n) is 4.05. The predicted molar refractivity (Wildman–Crippen MR) is 120 cm³/mol. The van der Waals surface area contributed by atoms with Gasteiger partial charge in [-0.15, -0.1) is 0 Å². The minimum Gasteiger partial charge on any atom is -0.490 e. The maximum atomic E-state index is 6.24. The van der Waals surface area contributed by atoms with E-state index in [2.05, 4.69) is 21.2 Å². The molecule has 0 atom stereocenters. The molecule has 0 aromatic heterocycles. The van der Waals surface area contributed by atoms with Gasteiger partial charge in [-0.2, -0.15) is 0 Å². The van der Waals surface area contributed by atoms with Crippen molar-refractivity contribution in [3.63, 3.8) is 0 Å². The predicted octanol–water partition coefficient (Wildman–Crippen LogP) is 7.35. The molecule has 3 nitrogen and oxygen atoms in total. The minimum absolute atomic E-state index is 0.478. The first-order valence-corrected chi connectivity index (χ1v) is 10.4. The molecular formula is C22H20BrCl2NO2. The van der Waals surface area contributed by atoms with Gasteiger partial charge in [0.2, 0.25) is 0 Å². The smallest absolute Gasteiger partial charge is 0.162 e. The molecule has 1 N–H and O–H groups in total. The van der Waals surface area contributed by atoms with E-state index in [0.29, 0.717) is 41.3 Å². The zero-order valence-electron chi connectivity index (χ0n) is 15.3. The van der Waals surface area contributed by atoms with Gasteiger partial charge in [0, 0.05) is 16.0 Å². The summed E-state index contributed by atoms with van der Waals surface area (Å²) in [7, 11) is 0. The van der Waals surface area contributed by atoms with Crippen molar-refractivity contribution in [1.29, 1.82) is 0 Å². The lowest BCUT2D eigenvalue weighted by molar-refractivity contribution is 0.269. The molecule has 0 aliphatic rings. The summed E-state index contributed by atoms with van der Waals surface area (Å²) in [5.41, 5.74) is 2.95. The van der Waals surface area contributed by atoms with Crippen LogP contribution in [-0.2, 0) is 13.2 Å². The Morgan fingerprint density at radius 1 is 0.929 bits per heavy atom. The molecule has 0 heterocycles. The molecule has 0 saturated carbocycles. The molecule has 0 saturated heterocycles. The quantitative estimate of drug-likeness (QED) is 0.365. The Labute approximate surface area is 183 Å². The molecule has 0 unspecified atom stereocenters. The first kappa shape index (κ1) is 20.8. The van der Waals surface area contributed by atoms with Crippen LogP contribution in [-0.4, -0.2) is 6.61 Å². The Morgan fingerprint density at radius 2 is 1.68 bits per heavy atom. The average Bonchev–Trinajstić information content (AvgIpc) is 2.69. The van der Waals surface area contributed by atoms with Crippen LogP contribution < -0.4 is 14.8 Å². The molecule has 0 amide bonds. The highest BCUT2D eigenvalue weighted by Crippen LogP contribution is 2.35. The number of ether oxygens (including phenoxy) is 2. The van der Waals surface area contributed by atoms with Gasteiger partial charge in [-0.1, -0.05) is 69.5 Å². The Kier molecular flexibility index (Phi) is 7.49. The third-order valence-corrected chi connectivity index (χ3v) is 5.34.